The smallest absolute Gasteiger partial charge is 0.318 e. The predicted molar refractivity (Wildman–Crippen MR) is 103 cm³/mol. The van der Waals surface area contributed by atoms with Gasteiger partial charge in [-0.3, -0.25) is 4.79 Å². The van der Waals surface area contributed by atoms with Crippen molar-refractivity contribution in [2.45, 2.75) is 13.0 Å². The van der Waals surface area contributed by atoms with Gasteiger partial charge in [0.1, 0.15) is 17.7 Å². The predicted octanol–water partition coefficient (Wildman–Crippen LogP) is 2.82. The monoisotopic (exact) mass is 388 g/mol. The molecule has 1 saturated heterocycles. The zero-order valence-electron chi connectivity index (χ0n) is 15.5. The van der Waals surface area contributed by atoms with Crippen molar-refractivity contribution in [3.8, 4) is 0 Å². The van der Waals surface area contributed by atoms with E-state index >= 15 is 0 Å². The molecular weight excluding hydrogens is 366 g/mol. The Labute approximate surface area is 162 Å². The lowest BCUT2D eigenvalue weighted by molar-refractivity contribution is -0.117. The van der Waals surface area contributed by atoms with Crippen LogP contribution in [0.1, 0.15) is 6.92 Å². The van der Waals surface area contributed by atoms with Crippen LogP contribution >= 0.6 is 0 Å². The molecule has 2 N–H and O–H groups in total. The molecule has 0 aromatic heterocycles. The van der Waals surface area contributed by atoms with Crippen LogP contribution in [-0.4, -0.2) is 49.1 Å². The van der Waals surface area contributed by atoms with Crippen molar-refractivity contribution in [3.63, 3.8) is 0 Å². The molecule has 0 aliphatic carbocycles. The zero-order valence-corrected chi connectivity index (χ0v) is 15.5. The minimum absolute atomic E-state index is 0.0708. The summed E-state index contributed by atoms with van der Waals surface area (Å²) in [5.41, 5.74) is 0.973. The molecule has 3 rings (SSSR count). The first kappa shape index (κ1) is 19.6. The minimum atomic E-state index is -0.817. The molecule has 0 bridgehead atoms. The summed E-state index contributed by atoms with van der Waals surface area (Å²) in [6.07, 6.45) is 0. The number of nitrogens with one attached hydrogen (secondary N) is 2. The maximum absolute atomic E-state index is 13.6. The summed E-state index contributed by atoms with van der Waals surface area (Å²) in [4.78, 5) is 28.3. The van der Waals surface area contributed by atoms with Gasteiger partial charge < -0.3 is 20.4 Å². The van der Waals surface area contributed by atoms with Crippen LogP contribution in [0.3, 0.4) is 0 Å². The molecule has 28 heavy (non-hydrogen) atoms. The third kappa shape index (κ3) is 4.76. The Morgan fingerprint density at radius 2 is 1.61 bits per heavy atom. The van der Waals surface area contributed by atoms with Gasteiger partial charge in [-0.1, -0.05) is 12.1 Å². The second kappa shape index (κ2) is 8.69. The number of carbonyl (C=O) groups is 2. The summed E-state index contributed by atoms with van der Waals surface area (Å²) in [5, 5.41) is 5.10. The van der Waals surface area contributed by atoms with E-state index in [0.29, 0.717) is 26.2 Å². The molecule has 2 aromatic rings. The summed E-state index contributed by atoms with van der Waals surface area (Å²) in [6, 6.07) is 10.9. The SMILES string of the molecule is CC(NC(=O)N1CCN(c2ccc(F)cc2)CC1)C(=O)Nc1ccccc1F. The minimum Gasteiger partial charge on any atom is -0.368 e. The van der Waals surface area contributed by atoms with E-state index in [0.717, 1.165) is 5.69 Å². The van der Waals surface area contributed by atoms with Crippen LogP contribution in [0, 0.1) is 11.6 Å². The molecule has 1 unspecified atom stereocenters. The van der Waals surface area contributed by atoms with Crippen LogP contribution in [0.4, 0.5) is 25.0 Å². The van der Waals surface area contributed by atoms with Gasteiger partial charge in [-0.15, -0.1) is 0 Å². The molecule has 1 fully saturated rings. The lowest BCUT2D eigenvalue weighted by Crippen LogP contribution is -2.54. The highest BCUT2D eigenvalue weighted by Gasteiger charge is 2.24. The third-order valence-electron chi connectivity index (χ3n) is 4.62. The fourth-order valence-electron chi connectivity index (χ4n) is 2.97. The number of rotatable bonds is 4. The normalized spacial score (nSPS) is 15.1. The molecular formula is C20H22F2N4O2. The topological polar surface area (TPSA) is 64.7 Å². The average Bonchev–Trinajstić information content (AvgIpc) is 2.70. The number of carbonyl (C=O) groups excluding carboxylic acids is 2. The maximum atomic E-state index is 13.6. The molecule has 0 saturated carbocycles. The van der Waals surface area contributed by atoms with Crippen molar-refractivity contribution in [1.82, 2.24) is 10.2 Å². The number of anilines is 2. The maximum Gasteiger partial charge on any atom is 0.318 e. The van der Waals surface area contributed by atoms with E-state index < -0.39 is 17.8 Å². The van der Waals surface area contributed by atoms with Gasteiger partial charge in [0.15, 0.2) is 0 Å². The van der Waals surface area contributed by atoms with Gasteiger partial charge in [-0.2, -0.15) is 0 Å². The number of para-hydroxylation sites is 1. The van der Waals surface area contributed by atoms with E-state index in [-0.39, 0.29) is 17.5 Å². The van der Waals surface area contributed by atoms with Crippen LogP contribution in [-0.2, 0) is 4.79 Å². The molecule has 6 nitrogen and oxygen atoms in total. The van der Waals surface area contributed by atoms with Crippen molar-refractivity contribution in [1.29, 1.82) is 0 Å². The third-order valence-corrected chi connectivity index (χ3v) is 4.62. The van der Waals surface area contributed by atoms with Gasteiger partial charge in [0.25, 0.3) is 0 Å². The number of hydrogen-bond donors (Lipinski definition) is 2. The first-order valence-electron chi connectivity index (χ1n) is 9.05. The van der Waals surface area contributed by atoms with Crippen LogP contribution < -0.4 is 15.5 Å². The summed E-state index contributed by atoms with van der Waals surface area (Å²) in [6.45, 7) is 3.71. The fraction of sp³-hybridized carbons (Fsp3) is 0.300. The molecule has 1 heterocycles. The lowest BCUT2D eigenvalue weighted by Gasteiger charge is -2.36. The second-order valence-electron chi connectivity index (χ2n) is 6.59. The number of halogens is 2. The Kier molecular flexibility index (Phi) is 6.08. The molecule has 1 atom stereocenters. The first-order chi connectivity index (χ1) is 13.4. The van der Waals surface area contributed by atoms with Gasteiger partial charge in [0.05, 0.1) is 5.69 Å². The number of amides is 3. The number of urea groups is 1. The summed E-state index contributed by atoms with van der Waals surface area (Å²) < 4.78 is 26.7. The summed E-state index contributed by atoms with van der Waals surface area (Å²) >= 11 is 0. The Hall–Kier alpha value is -3.16. The fourth-order valence-corrected chi connectivity index (χ4v) is 2.97. The van der Waals surface area contributed by atoms with Gasteiger partial charge in [-0.25, -0.2) is 13.6 Å². The standard InChI is InChI=1S/C20H22F2N4O2/c1-14(19(27)24-18-5-3-2-4-17(18)22)23-20(28)26-12-10-25(11-13-26)16-8-6-15(21)7-9-16/h2-9,14H,10-13H2,1H3,(H,23,28)(H,24,27). The zero-order chi connectivity index (χ0) is 20.1. The Morgan fingerprint density at radius 3 is 2.25 bits per heavy atom. The van der Waals surface area contributed by atoms with Crippen molar-refractivity contribution in [2.24, 2.45) is 0 Å². The molecule has 1 aliphatic rings. The molecule has 0 spiro atoms. The van der Waals surface area contributed by atoms with E-state index in [4.69, 9.17) is 0 Å². The molecule has 148 valence electrons. The van der Waals surface area contributed by atoms with Crippen molar-refractivity contribution in [2.75, 3.05) is 36.4 Å². The summed E-state index contributed by atoms with van der Waals surface area (Å²) in [5.74, 6) is -1.32. The molecule has 0 radical (unpaired) electrons. The lowest BCUT2D eigenvalue weighted by atomic mass is 10.2. The van der Waals surface area contributed by atoms with Crippen LogP contribution in [0.15, 0.2) is 48.5 Å². The molecule has 8 heteroatoms. The number of nitrogens with zero attached hydrogens (tertiary/aromatic N) is 2. The average molecular weight is 388 g/mol. The number of piperazine rings is 1. The van der Waals surface area contributed by atoms with Crippen molar-refractivity contribution >= 4 is 23.3 Å². The highest BCUT2D eigenvalue weighted by Crippen LogP contribution is 2.17. The van der Waals surface area contributed by atoms with Gasteiger partial charge in [-0.05, 0) is 43.3 Å². The van der Waals surface area contributed by atoms with Gasteiger partial charge in [0.2, 0.25) is 5.91 Å². The molecule has 2 aromatic carbocycles. The highest BCUT2D eigenvalue weighted by atomic mass is 19.1. The Morgan fingerprint density at radius 1 is 0.964 bits per heavy atom. The molecule has 3 amide bonds. The van der Waals surface area contributed by atoms with Gasteiger partial charge in [0, 0.05) is 31.9 Å². The van der Waals surface area contributed by atoms with E-state index in [1.165, 1.54) is 30.3 Å². The van der Waals surface area contributed by atoms with Crippen molar-refractivity contribution < 1.29 is 18.4 Å². The quantitative estimate of drug-likeness (QED) is 0.847. The highest BCUT2D eigenvalue weighted by molar-refractivity contribution is 5.96. The van der Waals surface area contributed by atoms with Crippen LogP contribution in [0.2, 0.25) is 0 Å². The van der Waals surface area contributed by atoms with E-state index in [2.05, 4.69) is 15.5 Å². The second-order valence-corrected chi connectivity index (χ2v) is 6.59. The van der Waals surface area contributed by atoms with Gasteiger partial charge >= 0.3 is 6.03 Å². The van der Waals surface area contributed by atoms with E-state index in [9.17, 15) is 18.4 Å². The molecule has 1 aliphatic heterocycles. The van der Waals surface area contributed by atoms with Crippen molar-refractivity contribution in [3.05, 3.63) is 60.2 Å². The summed E-state index contributed by atoms with van der Waals surface area (Å²) in [7, 11) is 0. The van der Waals surface area contributed by atoms with Crippen LogP contribution in [0.5, 0.6) is 0 Å². The Bertz CT molecular complexity index is 836. The van der Waals surface area contributed by atoms with E-state index in [1.807, 2.05) is 0 Å². The Balaban J connectivity index is 1.49. The van der Waals surface area contributed by atoms with Crippen LogP contribution in [0.25, 0.3) is 0 Å². The number of hydrogen-bond acceptors (Lipinski definition) is 3. The number of benzene rings is 2. The van der Waals surface area contributed by atoms with E-state index in [1.54, 1.807) is 30.0 Å². The first-order valence-corrected chi connectivity index (χ1v) is 9.05. The largest absolute Gasteiger partial charge is 0.368 e.